The molecule has 4 nitrogen and oxygen atoms in total. The van der Waals surface area contributed by atoms with Crippen molar-refractivity contribution in [1.29, 1.82) is 0 Å². The average molecular weight is 222 g/mol. The minimum Gasteiger partial charge on any atom is -0.330 e. The highest BCUT2D eigenvalue weighted by atomic mass is 15.3. The van der Waals surface area contributed by atoms with Crippen molar-refractivity contribution in [3.05, 3.63) is 17.5 Å². The predicted octanol–water partition coefficient (Wildman–Crippen LogP) is 1.04. The lowest BCUT2D eigenvalue weighted by Crippen LogP contribution is -2.29. The fourth-order valence-corrected chi connectivity index (χ4v) is 2.15. The van der Waals surface area contributed by atoms with Gasteiger partial charge in [0.15, 0.2) is 0 Å². The van der Waals surface area contributed by atoms with E-state index in [0.717, 1.165) is 37.8 Å². The molecule has 1 fully saturated rings. The van der Waals surface area contributed by atoms with Crippen molar-refractivity contribution in [2.45, 2.75) is 38.8 Å². The first-order valence-corrected chi connectivity index (χ1v) is 6.14. The maximum absolute atomic E-state index is 5.58. The molecule has 0 saturated heterocycles. The lowest BCUT2D eigenvalue weighted by Gasteiger charge is -2.21. The summed E-state index contributed by atoms with van der Waals surface area (Å²) in [5.74, 6) is 0. The number of nitrogens with two attached hydrogens (primary N) is 1. The number of hydrogen-bond acceptors (Lipinski definition) is 3. The average Bonchev–Trinajstić information content (AvgIpc) is 3.01. The summed E-state index contributed by atoms with van der Waals surface area (Å²) in [4.78, 5) is 2.54. The minimum absolute atomic E-state index is 0.785. The van der Waals surface area contributed by atoms with Crippen LogP contribution < -0.4 is 5.73 Å². The van der Waals surface area contributed by atoms with Crippen LogP contribution in [0.25, 0.3) is 0 Å². The summed E-state index contributed by atoms with van der Waals surface area (Å²) in [6, 6.07) is 2.97. The highest BCUT2D eigenvalue weighted by molar-refractivity contribution is 5.09. The van der Waals surface area contributed by atoms with E-state index < -0.39 is 0 Å². The van der Waals surface area contributed by atoms with E-state index in [0.29, 0.717) is 0 Å². The van der Waals surface area contributed by atoms with Crippen LogP contribution in [0, 0.1) is 6.92 Å². The quantitative estimate of drug-likeness (QED) is 0.782. The molecule has 0 unspecified atom stereocenters. The van der Waals surface area contributed by atoms with Crippen LogP contribution >= 0.6 is 0 Å². The van der Waals surface area contributed by atoms with Gasteiger partial charge in [-0.2, -0.15) is 5.10 Å². The van der Waals surface area contributed by atoms with Crippen LogP contribution in [0.5, 0.6) is 0 Å². The first kappa shape index (κ1) is 11.6. The Morgan fingerprint density at radius 3 is 2.81 bits per heavy atom. The lowest BCUT2D eigenvalue weighted by atomic mass is 10.3. The fraction of sp³-hybridized carbons (Fsp3) is 0.750. The maximum Gasteiger partial charge on any atom is 0.0597 e. The van der Waals surface area contributed by atoms with Crippen molar-refractivity contribution < 1.29 is 0 Å². The highest BCUT2D eigenvalue weighted by Gasteiger charge is 2.28. The van der Waals surface area contributed by atoms with Crippen LogP contribution in [0.2, 0.25) is 0 Å². The standard InChI is InChI=1S/C12H22N4/c1-10-8-12(15(2)14-10)9-16(7-3-6-13)11-4-5-11/h8,11H,3-7,9,13H2,1-2H3. The van der Waals surface area contributed by atoms with Gasteiger partial charge in [0.2, 0.25) is 0 Å². The Hall–Kier alpha value is -0.870. The van der Waals surface area contributed by atoms with Crippen LogP contribution in [-0.2, 0) is 13.6 Å². The van der Waals surface area contributed by atoms with Gasteiger partial charge >= 0.3 is 0 Å². The molecule has 2 rings (SSSR count). The monoisotopic (exact) mass is 222 g/mol. The summed E-state index contributed by atoms with van der Waals surface area (Å²) in [5, 5.41) is 4.39. The Kier molecular flexibility index (Phi) is 3.61. The van der Waals surface area contributed by atoms with Crippen molar-refractivity contribution in [2.75, 3.05) is 13.1 Å². The Labute approximate surface area is 97.4 Å². The SMILES string of the molecule is Cc1cc(CN(CCCN)C2CC2)n(C)n1. The summed E-state index contributed by atoms with van der Waals surface area (Å²) in [6.45, 7) is 4.96. The van der Waals surface area contributed by atoms with Crippen LogP contribution in [0.15, 0.2) is 6.07 Å². The molecule has 0 spiro atoms. The van der Waals surface area contributed by atoms with Crippen LogP contribution in [0.3, 0.4) is 0 Å². The van der Waals surface area contributed by atoms with E-state index in [1.54, 1.807) is 0 Å². The molecule has 1 aromatic rings. The van der Waals surface area contributed by atoms with Gasteiger partial charge in [0.05, 0.1) is 11.4 Å². The molecule has 0 amide bonds. The molecule has 1 saturated carbocycles. The smallest absolute Gasteiger partial charge is 0.0597 e. The topological polar surface area (TPSA) is 47.1 Å². The molecule has 90 valence electrons. The molecule has 1 aliphatic carbocycles. The van der Waals surface area contributed by atoms with Crippen LogP contribution in [0.1, 0.15) is 30.7 Å². The summed E-state index contributed by atoms with van der Waals surface area (Å²) >= 11 is 0. The van der Waals surface area contributed by atoms with E-state index in [4.69, 9.17) is 5.73 Å². The number of aryl methyl sites for hydroxylation is 2. The zero-order chi connectivity index (χ0) is 11.5. The third-order valence-corrected chi connectivity index (χ3v) is 3.18. The Morgan fingerprint density at radius 2 is 2.31 bits per heavy atom. The van der Waals surface area contributed by atoms with Gasteiger partial charge in [-0.15, -0.1) is 0 Å². The Morgan fingerprint density at radius 1 is 1.56 bits per heavy atom. The van der Waals surface area contributed by atoms with Crippen molar-refractivity contribution in [2.24, 2.45) is 12.8 Å². The summed E-state index contributed by atoms with van der Waals surface area (Å²) in [5.41, 5.74) is 7.99. The van der Waals surface area contributed by atoms with Gasteiger partial charge in [0.25, 0.3) is 0 Å². The third-order valence-electron chi connectivity index (χ3n) is 3.18. The van der Waals surface area contributed by atoms with Crippen molar-refractivity contribution in [1.82, 2.24) is 14.7 Å². The molecule has 1 heterocycles. The van der Waals surface area contributed by atoms with Crippen molar-refractivity contribution in [3.8, 4) is 0 Å². The molecule has 0 aliphatic heterocycles. The third kappa shape index (κ3) is 2.83. The van der Waals surface area contributed by atoms with Crippen LogP contribution in [0.4, 0.5) is 0 Å². The molecular weight excluding hydrogens is 200 g/mol. The number of hydrogen-bond donors (Lipinski definition) is 1. The number of rotatable bonds is 6. The first-order valence-electron chi connectivity index (χ1n) is 6.14. The van der Waals surface area contributed by atoms with Gasteiger partial charge in [-0.25, -0.2) is 0 Å². The molecule has 0 aromatic carbocycles. The van der Waals surface area contributed by atoms with Gasteiger partial charge in [0.1, 0.15) is 0 Å². The second-order valence-electron chi connectivity index (χ2n) is 4.74. The highest BCUT2D eigenvalue weighted by Crippen LogP contribution is 2.28. The van der Waals surface area contributed by atoms with Crippen LogP contribution in [-0.4, -0.2) is 33.8 Å². The molecule has 0 radical (unpaired) electrons. The zero-order valence-electron chi connectivity index (χ0n) is 10.3. The molecule has 4 heteroatoms. The molecule has 16 heavy (non-hydrogen) atoms. The van der Waals surface area contributed by atoms with Crippen molar-refractivity contribution >= 4 is 0 Å². The molecule has 1 aliphatic rings. The van der Waals surface area contributed by atoms with Gasteiger partial charge in [-0.3, -0.25) is 9.58 Å². The minimum atomic E-state index is 0.785. The predicted molar refractivity (Wildman–Crippen MR) is 65.0 cm³/mol. The van der Waals surface area contributed by atoms with E-state index >= 15 is 0 Å². The van der Waals surface area contributed by atoms with E-state index in [1.165, 1.54) is 18.5 Å². The summed E-state index contributed by atoms with van der Waals surface area (Å²) in [7, 11) is 2.02. The Bertz CT molecular complexity index is 341. The largest absolute Gasteiger partial charge is 0.330 e. The molecule has 0 atom stereocenters. The van der Waals surface area contributed by atoms with Gasteiger partial charge < -0.3 is 5.73 Å². The van der Waals surface area contributed by atoms with E-state index in [2.05, 4.69) is 16.1 Å². The Balaban J connectivity index is 1.96. The second-order valence-corrected chi connectivity index (χ2v) is 4.74. The van der Waals surface area contributed by atoms with E-state index in [9.17, 15) is 0 Å². The summed E-state index contributed by atoms with van der Waals surface area (Å²) in [6.07, 6.45) is 3.79. The second kappa shape index (κ2) is 4.97. The van der Waals surface area contributed by atoms with Crippen molar-refractivity contribution in [3.63, 3.8) is 0 Å². The lowest BCUT2D eigenvalue weighted by molar-refractivity contribution is 0.246. The van der Waals surface area contributed by atoms with E-state index in [1.807, 2.05) is 18.7 Å². The maximum atomic E-state index is 5.58. The fourth-order valence-electron chi connectivity index (χ4n) is 2.15. The molecule has 0 bridgehead atoms. The summed E-state index contributed by atoms with van der Waals surface area (Å²) < 4.78 is 1.99. The molecule has 1 aromatic heterocycles. The first-order chi connectivity index (χ1) is 7.70. The normalized spacial score (nSPS) is 16.0. The van der Waals surface area contributed by atoms with Gasteiger partial charge in [0, 0.05) is 26.2 Å². The van der Waals surface area contributed by atoms with E-state index in [-0.39, 0.29) is 0 Å². The number of nitrogens with zero attached hydrogens (tertiary/aromatic N) is 3. The van der Waals surface area contributed by atoms with Gasteiger partial charge in [-0.05, 0) is 38.8 Å². The molecule has 2 N–H and O–H groups in total. The zero-order valence-corrected chi connectivity index (χ0v) is 10.3. The van der Waals surface area contributed by atoms with Gasteiger partial charge in [-0.1, -0.05) is 0 Å². The molecular formula is C12H22N4. The number of aromatic nitrogens is 2.